The van der Waals surface area contributed by atoms with Crippen LogP contribution in [0.4, 0.5) is 0 Å². The normalized spacial score (nSPS) is 16.8. The van der Waals surface area contributed by atoms with Gasteiger partial charge in [0, 0.05) is 27.2 Å². The minimum Gasteiger partial charge on any atom is -0.455 e. The molecule has 0 bridgehead atoms. The van der Waals surface area contributed by atoms with E-state index in [0.717, 1.165) is 11.2 Å². The van der Waals surface area contributed by atoms with Gasteiger partial charge in [0.1, 0.15) is 11.2 Å². The Hall–Kier alpha value is -3.32. The molecule has 156 valence electrons. The molecule has 0 N–H and O–H groups in total. The van der Waals surface area contributed by atoms with Crippen LogP contribution in [-0.2, 0) is 10.8 Å². The predicted molar refractivity (Wildman–Crippen MR) is 134 cm³/mol. The SMILES string of the molecule is Cc1ccc2c(c1)C(C)(C)c1cc3c(cc1-2)C(C)(C)c1ccc2c(oc4ccccc42)c1-3. The molecule has 2 aliphatic carbocycles. The van der Waals surface area contributed by atoms with Crippen molar-refractivity contribution in [3.8, 4) is 22.3 Å². The fourth-order valence-corrected chi connectivity index (χ4v) is 6.34. The Morgan fingerprint density at radius 1 is 0.594 bits per heavy atom. The maximum atomic E-state index is 6.49. The molecule has 4 aromatic carbocycles. The summed E-state index contributed by atoms with van der Waals surface area (Å²) >= 11 is 0. The van der Waals surface area contributed by atoms with Crippen molar-refractivity contribution in [2.24, 2.45) is 0 Å². The Bertz CT molecular complexity index is 1620. The molecular formula is C31H26O. The molecule has 32 heavy (non-hydrogen) atoms. The van der Waals surface area contributed by atoms with Crippen LogP contribution in [0.25, 0.3) is 44.2 Å². The summed E-state index contributed by atoms with van der Waals surface area (Å²) in [5.74, 6) is 0. The van der Waals surface area contributed by atoms with Gasteiger partial charge in [-0.1, -0.05) is 81.8 Å². The van der Waals surface area contributed by atoms with E-state index < -0.39 is 0 Å². The molecule has 2 aliphatic rings. The van der Waals surface area contributed by atoms with Gasteiger partial charge < -0.3 is 4.42 Å². The molecule has 0 atom stereocenters. The summed E-state index contributed by atoms with van der Waals surface area (Å²) in [6, 6.07) is 24.9. The second-order valence-corrected chi connectivity index (χ2v) is 10.7. The first-order chi connectivity index (χ1) is 15.3. The first-order valence-corrected chi connectivity index (χ1v) is 11.5. The first kappa shape index (κ1) is 18.3. The van der Waals surface area contributed by atoms with Crippen LogP contribution in [0.1, 0.15) is 55.5 Å². The Balaban J connectivity index is 1.59. The van der Waals surface area contributed by atoms with Crippen LogP contribution in [0.5, 0.6) is 0 Å². The quantitative estimate of drug-likeness (QED) is 0.247. The molecule has 7 rings (SSSR count). The van der Waals surface area contributed by atoms with Gasteiger partial charge in [0.05, 0.1) is 0 Å². The largest absolute Gasteiger partial charge is 0.455 e. The number of rotatable bonds is 0. The number of aryl methyl sites for hydroxylation is 1. The predicted octanol–water partition coefficient (Wildman–Crippen LogP) is 8.51. The Labute approximate surface area is 188 Å². The lowest BCUT2D eigenvalue weighted by Gasteiger charge is -2.24. The fourth-order valence-electron chi connectivity index (χ4n) is 6.34. The molecule has 0 spiro atoms. The van der Waals surface area contributed by atoms with Gasteiger partial charge in [-0.25, -0.2) is 0 Å². The highest BCUT2D eigenvalue weighted by atomic mass is 16.3. The van der Waals surface area contributed by atoms with E-state index in [-0.39, 0.29) is 10.8 Å². The molecule has 1 heteroatoms. The second-order valence-electron chi connectivity index (χ2n) is 10.7. The topological polar surface area (TPSA) is 13.1 Å². The minimum absolute atomic E-state index is 0.0135. The van der Waals surface area contributed by atoms with Crippen molar-refractivity contribution in [3.63, 3.8) is 0 Å². The highest BCUT2D eigenvalue weighted by Gasteiger charge is 2.42. The highest BCUT2D eigenvalue weighted by molar-refractivity contribution is 6.12. The van der Waals surface area contributed by atoms with Crippen molar-refractivity contribution >= 4 is 21.9 Å². The summed E-state index contributed by atoms with van der Waals surface area (Å²) in [5.41, 5.74) is 14.3. The smallest absolute Gasteiger partial charge is 0.143 e. The van der Waals surface area contributed by atoms with Gasteiger partial charge in [-0.15, -0.1) is 0 Å². The summed E-state index contributed by atoms with van der Waals surface area (Å²) < 4.78 is 6.49. The van der Waals surface area contributed by atoms with E-state index in [0.29, 0.717) is 0 Å². The van der Waals surface area contributed by atoms with Crippen LogP contribution in [0, 0.1) is 6.92 Å². The maximum absolute atomic E-state index is 6.49. The molecule has 0 unspecified atom stereocenters. The Morgan fingerprint density at radius 2 is 1.28 bits per heavy atom. The lowest BCUT2D eigenvalue weighted by atomic mass is 9.79. The van der Waals surface area contributed by atoms with E-state index >= 15 is 0 Å². The first-order valence-electron chi connectivity index (χ1n) is 11.5. The molecule has 0 saturated carbocycles. The molecule has 1 nitrogen and oxygen atoms in total. The van der Waals surface area contributed by atoms with Gasteiger partial charge >= 0.3 is 0 Å². The lowest BCUT2D eigenvalue weighted by Crippen LogP contribution is -2.17. The third-order valence-corrected chi connectivity index (χ3v) is 8.13. The van der Waals surface area contributed by atoms with E-state index in [1.54, 1.807) is 0 Å². The van der Waals surface area contributed by atoms with Crippen LogP contribution in [-0.4, -0.2) is 0 Å². The van der Waals surface area contributed by atoms with E-state index in [2.05, 4.69) is 101 Å². The minimum atomic E-state index is -0.0650. The van der Waals surface area contributed by atoms with Gasteiger partial charge in [-0.05, 0) is 64.1 Å². The number of furan rings is 1. The molecule has 0 radical (unpaired) electrons. The molecule has 1 heterocycles. The Morgan fingerprint density at radius 3 is 2.12 bits per heavy atom. The number of hydrogen-bond acceptors (Lipinski definition) is 1. The average Bonchev–Trinajstić information content (AvgIpc) is 3.33. The second kappa shape index (κ2) is 5.53. The van der Waals surface area contributed by atoms with Crippen LogP contribution in [0.3, 0.4) is 0 Å². The number of fused-ring (bicyclic) bond motifs is 10. The maximum Gasteiger partial charge on any atom is 0.143 e. The number of benzene rings is 4. The Kier molecular flexibility index (Phi) is 3.16. The summed E-state index contributed by atoms with van der Waals surface area (Å²) in [6.45, 7) is 11.6. The molecule has 0 fully saturated rings. The third-order valence-electron chi connectivity index (χ3n) is 8.13. The van der Waals surface area contributed by atoms with Crippen molar-refractivity contribution in [3.05, 3.63) is 94.5 Å². The molecule has 0 amide bonds. The van der Waals surface area contributed by atoms with Crippen LogP contribution in [0.2, 0.25) is 0 Å². The van der Waals surface area contributed by atoms with Crippen molar-refractivity contribution in [1.82, 2.24) is 0 Å². The zero-order chi connectivity index (χ0) is 22.0. The van der Waals surface area contributed by atoms with Crippen molar-refractivity contribution < 1.29 is 4.42 Å². The average molecular weight is 415 g/mol. The van der Waals surface area contributed by atoms with Crippen molar-refractivity contribution in [2.75, 3.05) is 0 Å². The van der Waals surface area contributed by atoms with Crippen molar-refractivity contribution in [2.45, 2.75) is 45.4 Å². The van der Waals surface area contributed by atoms with Gasteiger partial charge in [-0.3, -0.25) is 0 Å². The van der Waals surface area contributed by atoms with Gasteiger partial charge in [-0.2, -0.15) is 0 Å². The van der Waals surface area contributed by atoms with Crippen molar-refractivity contribution in [1.29, 1.82) is 0 Å². The standard InChI is InChI=1S/C31H26O/c1-17-10-11-18-21-15-26-22(16-25(21)31(4,5)24(18)14-17)28-23(30(26,2)3)13-12-20-19-8-6-7-9-27(19)32-29(20)28/h6-16H,1-5H3. The monoisotopic (exact) mass is 414 g/mol. The zero-order valence-electron chi connectivity index (χ0n) is 19.3. The van der Waals surface area contributed by atoms with Gasteiger partial charge in [0.2, 0.25) is 0 Å². The molecular weight excluding hydrogens is 388 g/mol. The number of hydrogen-bond donors (Lipinski definition) is 0. The van der Waals surface area contributed by atoms with E-state index in [1.807, 2.05) is 0 Å². The van der Waals surface area contributed by atoms with Crippen LogP contribution >= 0.6 is 0 Å². The molecule has 5 aromatic rings. The van der Waals surface area contributed by atoms with E-state index in [4.69, 9.17) is 4.42 Å². The summed E-state index contributed by atoms with van der Waals surface area (Å²) in [4.78, 5) is 0. The van der Waals surface area contributed by atoms with Gasteiger partial charge in [0.25, 0.3) is 0 Å². The van der Waals surface area contributed by atoms with E-state index in [1.165, 1.54) is 60.8 Å². The summed E-state index contributed by atoms with van der Waals surface area (Å²) in [7, 11) is 0. The fraction of sp³-hybridized carbons (Fsp3) is 0.226. The lowest BCUT2D eigenvalue weighted by molar-refractivity contribution is 0.649. The molecule has 0 aliphatic heterocycles. The zero-order valence-corrected chi connectivity index (χ0v) is 19.3. The van der Waals surface area contributed by atoms with E-state index in [9.17, 15) is 0 Å². The summed E-state index contributed by atoms with van der Waals surface area (Å²) in [5, 5.41) is 2.41. The summed E-state index contributed by atoms with van der Waals surface area (Å²) in [6.07, 6.45) is 0. The molecule has 1 aromatic heterocycles. The number of para-hydroxylation sites is 1. The molecule has 0 saturated heterocycles. The third kappa shape index (κ3) is 2.00. The highest BCUT2D eigenvalue weighted by Crippen LogP contribution is 2.57. The van der Waals surface area contributed by atoms with Gasteiger partial charge in [0.15, 0.2) is 0 Å². The van der Waals surface area contributed by atoms with Crippen LogP contribution in [0.15, 0.2) is 71.1 Å². The van der Waals surface area contributed by atoms with Crippen LogP contribution < -0.4 is 0 Å².